The molecule has 0 saturated carbocycles. The van der Waals surface area contributed by atoms with Gasteiger partial charge in [0.05, 0.1) is 24.4 Å². The first kappa shape index (κ1) is 37.5. The monoisotopic (exact) mass is 828 g/mol. The van der Waals surface area contributed by atoms with Crippen LogP contribution >= 0.6 is 11.3 Å². The van der Waals surface area contributed by atoms with E-state index in [0.29, 0.717) is 0 Å². The molecule has 0 unspecified atom stereocenters. The summed E-state index contributed by atoms with van der Waals surface area (Å²) >= 11 is 1.72. The molecule has 0 aliphatic rings. The van der Waals surface area contributed by atoms with Gasteiger partial charge in [0.2, 0.25) is 0 Å². The van der Waals surface area contributed by atoms with Crippen LogP contribution in [-0.2, 0) is 24.9 Å². The number of allylic oxidation sites excluding steroid dienone is 2. The van der Waals surface area contributed by atoms with Gasteiger partial charge in [-0.1, -0.05) is 107 Å². The molecule has 2 aromatic heterocycles. The Kier molecular flexibility index (Phi) is 13.6. The topological polar surface area (TPSA) is 63.1 Å². The van der Waals surface area contributed by atoms with E-state index in [1.165, 1.54) is 32.5 Å². The minimum Gasteiger partial charge on any atom is -0.512 e. The predicted octanol–water partition coefficient (Wildman–Crippen LogP) is 10.7. The number of pyridine rings is 1. The summed E-state index contributed by atoms with van der Waals surface area (Å²) in [6.07, 6.45) is 4.91. The van der Waals surface area contributed by atoms with Gasteiger partial charge in [-0.05, 0) is 65.7 Å². The summed E-state index contributed by atoms with van der Waals surface area (Å²) in [7, 11) is -1.43. The van der Waals surface area contributed by atoms with Crippen molar-refractivity contribution in [2.45, 2.75) is 79.9 Å². The van der Waals surface area contributed by atoms with Crippen LogP contribution in [0.15, 0.2) is 78.6 Å². The number of carbonyl (C=O) groups is 1. The van der Waals surface area contributed by atoms with Crippen molar-refractivity contribution in [3.63, 3.8) is 0 Å². The first-order valence-electron chi connectivity index (χ1n) is 16.2. The van der Waals surface area contributed by atoms with E-state index in [0.717, 1.165) is 53.0 Å². The van der Waals surface area contributed by atoms with E-state index in [2.05, 4.69) is 93.3 Å². The largest absolute Gasteiger partial charge is 0.512 e. The molecule has 7 heteroatoms. The van der Waals surface area contributed by atoms with Crippen molar-refractivity contribution in [2.24, 2.45) is 11.8 Å². The predicted molar refractivity (Wildman–Crippen MR) is 196 cm³/mol. The summed E-state index contributed by atoms with van der Waals surface area (Å²) in [6.45, 7) is 17.3. The van der Waals surface area contributed by atoms with E-state index in [9.17, 15) is 9.90 Å². The van der Waals surface area contributed by atoms with Crippen LogP contribution in [0.2, 0.25) is 19.6 Å². The van der Waals surface area contributed by atoms with Crippen molar-refractivity contribution in [1.29, 1.82) is 0 Å². The van der Waals surface area contributed by atoms with Crippen molar-refractivity contribution in [3.8, 4) is 22.4 Å². The second-order valence-electron chi connectivity index (χ2n) is 12.7. The standard InChI is InChI=1S/C26H23N2SSi.C13H24O2.Ir/c1-17-27-26-20(11-8-12-25(26)29-17)24-16-21(18-9-6-5-7-10-18)22-15-19(30(2,3)4)13-14-23(22)28-24;1-5-10(6-2)12(14)9-13(15)11(7-3)8-4;/h5-10,12-16H,1-4H3;9-11,14H,5-8H2,1-4H3;/q-1;;/b;12-9-;. The van der Waals surface area contributed by atoms with Gasteiger partial charge in [-0.3, -0.25) is 14.8 Å². The number of ketones is 1. The van der Waals surface area contributed by atoms with E-state index in [1.807, 2.05) is 33.8 Å². The molecule has 0 atom stereocenters. The van der Waals surface area contributed by atoms with E-state index in [-0.39, 0.29) is 43.5 Å². The summed E-state index contributed by atoms with van der Waals surface area (Å²) in [5.41, 5.74) is 6.34. The molecular formula is C39H47IrN2O2SSi-. The van der Waals surface area contributed by atoms with Crippen LogP contribution < -0.4 is 5.19 Å². The second-order valence-corrected chi connectivity index (χ2v) is 19.0. The third-order valence-electron chi connectivity index (χ3n) is 8.56. The Balaban J connectivity index is 0.000000309. The van der Waals surface area contributed by atoms with Crippen LogP contribution in [0, 0.1) is 24.8 Å². The number of benzene rings is 3. The van der Waals surface area contributed by atoms with Gasteiger partial charge in [-0.25, -0.2) is 0 Å². The normalized spacial score (nSPS) is 11.9. The molecule has 0 bridgehead atoms. The van der Waals surface area contributed by atoms with Crippen molar-refractivity contribution < 1.29 is 30.0 Å². The van der Waals surface area contributed by atoms with Crippen LogP contribution in [-0.4, -0.2) is 28.9 Å². The number of aliphatic hydroxyl groups is 1. The smallest absolute Gasteiger partial charge is 0.162 e. The quantitative estimate of drug-likeness (QED) is 0.0659. The van der Waals surface area contributed by atoms with Gasteiger partial charge in [0.15, 0.2) is 5.78 Å². The molecule has 5 rings (SSSR count). The SMILES string of the molecule is CCC(CC)C(=O)/C=C(\O)C(CC)CC.Cc1nc2c(-c3cc(-c4ccccc4)c4cc([Si](C)(C)C)ccc4n3)[c-]ccc2s1.[Ir]. The van der Waals surface area contributed by atoms with Gasteiger partial charge in [0.25, 0.3) is 0 Å². The first-order valence-corrected chi connectivity index (χ1v) is 20.5. The molecule has 1 N–H and O–H groups in total. The molecule has 0 amide bonds. The van der Waals surface area contributed by atoms with Crippen LogP contribution in [0.5, 0.6) is 0 Å². The molecule has 0 saturated heterocycles. The number of hydrogen-bond donors (Lipinski definition) is 1. The first-order chi connectivity index (χ1) is 21.5. The molecule has 0 aliphatic heterocycles. The van der Waals surface area contributed by atoms with Gasteiger partial charge in [0, 0.05) is 43.4 Å². The number of aryl methyl sites for hydroxylation is 1. The third-order valence-corrected chi connectivity index (χ3v) is 11.5. The summed E-state index contributed by atoms with van der Waals surface area (Å²) in [5.74, 6) is 0.547. The molecule has 46 heavy (non-hydrogen) atoms. The van der Waals surface area contributed by atoms with E-state index < -0.39 is 8.07 Å². The third kappa shape index (κ3) is 8.89. The zero-order valence-corrected chi connectivity index (χ0v) is 32.6. The molecular weight excluding hydrogens is 781 g/mol. The fourth-order valence-corrected chi connectivity index (χ4v) is 7.65. The number of nitrogens with zero attached hydrogens (tertiary/aromatic N) is 2. The average Bonchev–Trinajstić information content (AvgIpc) is 3.42. The Hall–Kier alpha value is -2.96. The number of aliphatic hydroxyl groups excluding tert-OH is 1. The summed E-state index contributed by atoms with van der Waals surface area (Å²) in [5, 5.41) is 13.5. The van der Waals surface area contributed by atoms with Crippen molar-refractivity contribution in [1.82, 2.24) is 9.97 Å². The Morgan fingerprint density at radius 2 is 1.57 bits per heavy atom. The molecule has 245 valence electrons. The van der Waals surface area contributed by atoms with Crippen LogP contribution in [0.1, 0.15) is 58.4 Å². The molecule has 0 fully saturated rings. The van der Waals surface area contributed by atoms with Gasteiger partial charge in [0.1, 0.15) is 0 Å². The zero-order valence-electron chi connectivity index (χ0n) is 28.4. The van der Waals surface area contributed by atoms with Crippen molar-refractivity contribution in [3.05, 3.63) is 89.6 Å². The second kappa shape index (κ2) is 16.7. The van der Waals surface area contributed by atoms with Gasteiger partial charge in [-0.2, -0.15) is 0 Å². The molecule has 1 radical (unpaired) electrons. The number of fused-ring (bicyclic) bond motifs is 2. The molecule has 4 nitrogen and oxygen atoms in total. The van der Waals surface area contributed by atoms with E-state index >= 15 is 0 Å². The zero-order chi connectivity index (χ0) is 32.7. The molecule has 3 aromatic carbocycles. The summed E-state index contributed by atoms with van der Waals surface area (Å²) < 4.78 is 1.18. The average molecular weight is 828 g/mol. The maximum absolute atomic E-state index is 11.7. The summed E-state index contributed by atoms with van der Waals surface area (Å²) in [4.78, 5) is 21.5. The van der Waals surface area contributed by atoms with Crippen LogP contribution in [0.3, 0.4) is 0 Å². The number of carbonyl (C=O) groups excluding carboxylic acids is 1. The van der Waals surface area contributed by atoms with Gasteiger partial charge < -0.3 is 5.11 Å². The number of thiazole rings is 1. The van der Waals surface area contributed by atoms with Crippen LogP contribution in [0.4, 0.5) is 0 Å². The molecule has 0 spiro atoms. The van der Waals surface area contributed by atoms with E-state index in [4.69, 9.17) is 9.97 Å². The van der Waals surface area contributed by atoms with Gasteiger partial charge >= 0.3 is 0 Å². The van der Waals surface area contributed by atoms with E-state index in [1.54, 1.807) is 11.3 Å². The number of hydrogen-bond acceptors (Lipinski definition) is 5. The Morgan fingerprint density at radius 1 is 0.913 bits per heavy atom. The van der Waals surface area contributed by atoms with Gasteiger partial charge in [-0.15, -0.1) is 29.5 Å². The maximum Gasteiger partial charge on any atom is 0.162 e. The van der Waals surface area contributed by atoms with Crippen LogP contribution in [0.25, 0.3) is 43.5 Å². The van der Waals surface area contributed by atoms with Crippen molar-refractivity contribution >= 4 is 51.5 Å². The Bertz CT molecular complexity index is 1790. The van der Waals surface area contributed by atoms with Crippen molar-refractivity contribution in [2.75, 3.05) is 0 Å². The molecule has 2 heterocycles. The Labute approximate surface area is 293 Å². The molecule has 5 aromatic rings. The Morgan fingerprint density at radius 3 is 2.17 bits per heavy atom. The summed E-state index contributed by atoms with van der Waals surface area (Å²) in [6, 6.07) is 27.1. The number of aromatic nitrogens is 2. The minimum absolute atomic E-state index is 0. The maximum atomic E-state index is 11.7. The fraction of sp³-hybridized carbons (Fsp3) is 0.359. The fourth-order valence-electron chi connectivity index (χ4n) is 5.66. The minimum atomic E-state index is -1.43. The number of rotatable bonds is 10. The molecule has 0 aliphatic carbocycles.